The third kappa shape index (κ3) is 5.01. The van der Waals surface area contributed by atoms with Crippen molar-refractivity contribution in [2.75, 3.05) is 11.9 Å². The van der Waals surface area contributed by atoms with Gasteiger partial charge in [0.25, 0.3) is 5.91 Å². The number of rotatable bonds is 7. The van der Waals surface area contributed by atoms with Gasteiger partial charge < -0.3 is 10.6 Å². The molecule has 140 valence electrons. The molecule has 1 saturated heterocycles. The zero-order valence-electron chi connectivity index (χ0n) is 15.2. The summed E-state index contributed by atoms with van der Waals surface area (Å²) in [6.07, 6.45) is 0.718. The summed E-state index contributed by atoms with van der Waals surface area (Å²) in [6, 6.07) is 14.9. The first-order chi connectivity index (χ1) is 13.0. The topological polar surface area (TPSA) is 87.3 Å². The van der Waals surface area contributed by atoms with E-state index in [1.165, 1.54) is 0 Å². The minimum Gasteiger partial charge on any atom is -0.322 e. The maximum atomic E-state index is 12.5. The lowest BCUT2D eigenvalue weighted by molar-refractivity contribution is -0.125. The van der Waals surface area contributed by atoms with Crippen LogP contribution in [0.25, 0.3) is 0 Å². The van der Waals surface area contributed by atoms with Crippen molar-refractivity contribution in [1.29, 1.82) is 0 Å². The van der Waals surface area contributed by atoms with E-state index in [9.17, 15) is 14.4 Å². The first-order valence-corrected chi connectivity index (χ1v) is 9.09. The Kier molecular flexibility index (Phi) is 5.98. The molecule has 1 fully saturated rings. The Balaban J connectivity index is 1.60. The summed E-state index contributed by atoms with van der Waals surface area (Å²) in [5, 5.41) is 8.48. The number of anilines is 1. The molecule has 1 aliphatic heterocycles. The number of carbonyl (C=O) groups is 3. The summed E-state index contributed by atoms with van der Waals surface area (Å²) in [6.45, 7) is 3.69. The SMILES string of the molecule is CCNCc1cccc(NC(=O)c2ccc(CC3CC(=O)NC3=O)cc2)c1. The maximum Gasteiger partial charge on any atom is 0.255 e. The third-order valence-corrected chi connectivity index (χ3v) is 4.53. The second-order valence-corrected chi connectivity index (χ2v) is 6.65. The van der Waals surface area contributed by atoms with Crippen molar-refractivity contribution in [3.8, 4) is 0 Å². The lowest BCUT2D eigenvalue weighted by Crippen LogP contribution is -2.22. The summed E-state index contributed by atoms with van der Waals surface area (Å²) >= 11 is 0. The largest absolute Gasteiger partial charge is 0.322 e. The molecule has 0 radical (unpaired) electrons. The number of carbonyl (C=O) groups excluding carboxylic acids is 3. The number of benzene rings is 2. The van der Waals surface area contributed by atoms with E-state index < -0.39 is 0 Å². The van der Waals surface area contributed by atoms with Crippen LogP contribution >= 0.6 is 0 Å². The minimum absolute atomic E-state index is 0.184. The maximum absolute atomic E-state index is 12.5. The highest BCUT2D eigenvalue weighted by molar-refractivity contribution is 6.04. The van der Waals surface area contributed by atoms with E-state index in [1.807, 2.05) is 43.3 Å². The van der Waals surface area contributed by atoms with Crippen molar-refractivity contribution in [2.45, 2.75) is 26.3 Å². The van der Waals surface area contributed by atoms with Crippen LogP contribution < -0.4 is 16.0 Å². The first-order valence-electron chi connectivity index (χ1n) is 9.09. The Morgan fingerprint density at radius 3 is 2.56 bits per heavy atom. The number of hydrogen-bond donors (Lipinski definition) is 3. The molecule has 3 rings (SSSR count). The minimum atomic E-state index is -0.323. The van der Waals surface area contributed by atoms with E-state index >= 15 is 0 Å². The molecule has 6 nitrogen and oxygen atoms in total. The highest BCUT2D eigenvalue weighted by Gasteiger charge is 2.30. The van der Waals surface area contributed by atoms with Crippen molar-refractivity contribution in [1.82, 2.24) is 10.6 Å². The highest BCUT2D eigenvalue weighted by atomic mass is 16.2. The number of nitrogens with one attached hydrogen (secondary N) is 3. The van der Waals surface area contributed by atoms with Gasteiger partial charge in [0, 0.05) is 24.2 Å². The molecule has 6 heteroatoms. The van der Waals surface area contributed by atoms with Gasteiger partial charge in [0.15, 0.2) is 0 Å². The Labute approximate surface area is 158 Å². The van der Waals surface area contributed by atoms with Gasteiger partial charge in [-0.25, -0.2) is 0 Å². The molecule has 0 bridgehead atoms. The molecule has 0 aliphatic carbocycles. The number of imide groups is 1. The standard InChI is InChI=1S/C21H23N3O3/c1-2-22-13-15-4-3-5-18(11-15)23-20(26)16-8-6-14(7-9-16)10-17-12-19(25)24-21(17)27/h3-9,11,17,22H,2,10,12-13H2,1H3,(H,23,26)(H,24,25,27). The molecule has 2 aromatic rings. The van der Waals surface area contributed by atoms with Crippen molar-refractivity contribution >= 4 is 23.4 Å². The smallest absolute Gasteiger partial charge is 0.255 e. The van der Waals surface area contributed by atoms with Crippen molar-refractivity contribution in [3.05, 3.63) is 65.2 Å². The fraction of sp³-hybridized carbons (Fsp3) is 0.286. The van der Waals surface area contributed by atoms with E-state index in [0.29, 0.717) is 12.0 Å². The van der Waals surface area contributed by atoms with Crippen LogP contribution in [-0.4, -0.2) is 24.3 Å². The van der Waals surface area contributed by atoms with Gasteiger partial charge in [-0.15, -0.1) is 0 Å². The fourth-order valence-corrected chi connectivity index (χ4v) is 3.08. The molecule has 0 spiro atoms. The lowest BCUT2D eigenvalue weighted by Gasteiger charge is -2.09. The van der Waals surface area contributed by atoms with Gasteiger partial charge in [0.05, 0.1) is 5.92 Å². The normalized spacial score (nSPS) is 16.3. The number of amides is 3. The third-order valence-electron chi connectivity index (χ3n) is 4.53. The zero-order chi connectivity index (χ0) is 19.2. The van der Waals surface area contributed by atoms with Crippen molar-refractivity contribution in [2.24, 2.45) is 5.92 Å². The molecule has 3 amide bonds. The van der Waals surface area contributed by atoms with Gasteiger partial charge in [-0.3, -0.25) is 19.7 Å². The summed E-state index contributed by atoms with van der Waals surface area (Å²) in [5.74, 6) is -0.954. The Morgan fingerprint density at radius 2 is 1.89 bits per heavy atom. The monoisotopic (exact) mass is 365 g/mol. The van der Waals surface area contributed by atoms with Crippen LogP contribution in [0.5, 0.6) is 0 Å². The van der Waals surface area contributed by atoms with Gasteiger partial charge in [-0.05, 0) is 48.4 Å². The van der Waals surface area contributed by atoms with Crippen LogP contribution in [0.1, 0.15) is 34.8 Å². The first kappa shape index (κ1) is 18.8. The molecule has 1 aliphatic rings. The Morgan fingerprint density at radius 1 is 1.11 bits per heavy atom. The molecule has 0 aromatic heterocycles. The van der Waals surface area contributed by atoms with Crippen LogP contribution in [0, 0.1) is 5.92 Å². The van der Waals surface area contributed by atoms with Crippen molar-refractivity contribution in [3.63, 3.8) is 0 Å². The summed E-state index contributed by atoms with van der Waals surface area (Å²) in [4.78, 5) is 35.4. The predicted molar refractivity (Wildman–Crippen MR) is 103 cm³/mol. The van der Waals surface area contributed by atoms with E-state index in [2.05, 4.69) is 16.0 Å². The van der Waals surface area contributed by atoms with Crippen molar-refractivity contribution < 1.29 is 14.4 Å². The fourth-order valence-electron chi connectivity index (χ4n) is 3.08. The van der Waals surface area contributed by atoms with Gasteiger partial charge in [-0.1, -0.05) is 31.2 Å². The molecule has 1 heterocycles. The van der Waals surface area contributed by atoms with Crippen LogP contribution in [0.3, 0.4) is 0 Å². The molecule has 1 atom stereocenters. The average Bonchev–Trinajstić information content (AvgIpc) is 2.98. The Bertz CT molecular complexity index is 846. The van der Waals surface area contributed by atoms with Gasteiger partial charge in [0.2, 0.25) is 11.8 Å². The van der Waals surface area contributed by atoms with E-state index in [-0.39, 0.29) is 30.1 Å². The summed E-state index contributed by atoms with van der Waals surface area (Å²) in [5.41, 5.74) is 3.33. The average molecular weight is 365 g/mol. The van der Waals surface area contributed by atoms with Crippen LogP contribution in [0.15, 0.2) is 48.5 Å². The molecular weight excluding hydrogens is 342 g/mol. The molecular formula is C21H23N3O3. The molecule has 27 heavy (non-hydrogen) atoms. The van der Waals surface area contributed by atoms with Gasteiger partial charge in [-0.2, -0.15) is 0 Å². The predicted octanol–water partition coefficient (Wildman–Crippen LogP) is 2.25. The zero-order valence-corrected chi connectivity index (χ0v) is 15.2. The second kappa shape index (κ2) is 8.60. The van der Waals surface area contributed by atoms with Gasteiger partial charge >= 0.3 is 0 Å². The van der Waals surface area contributed by atoms with E-state index in [0.717, 1.165) is 29.9 Å². The molecule has 1 unspecified atom stereocenters. The summed E-state index contributed by atoms with van der Waals surface area (Å²) < 4.78 is 0. The quantitative estimate of drug-likeness (QED) is 0.657. The Hall–Kier alpha value is -2.99. The molecule has 2 aromatic carbocycles. The molecule has 3 N–H and O–H groups in total. The van der Waals surface area contributed by atoms with Crippen LogP contribution in [0.2, 0.25) is 0 Å². The van der Waals surface area contributed by atoms with Crippen LogP contribution in [-0.2, 0) is 22.6 Å². The van der Waals surface area contributed by atoms with Gasteiger partial charge in [0.1, 0.15) is 0 Å². The second-order valence-electron chi connectivity index (χ2n) is 6.65. The molecule has 0 saturated carbocycles. The number of hydrogen-bond acceptors (Lipinski definition) is 4. The lowest BCUT2D eigenvalue weighted by atomic mass is 9.97. The van der Waals surface area contributed by atoms with E-state index in [4.69, 9.17) is 0 Å². The van der Waals surface area contributed by atoms with E-state index in [1.54, 1.807) is 12.1 Å². The summed E-state index contributed by atoms with van der Waals surface area (Å²) in [7, 11) is 0. The van der Waals surface area contributed by atoms with Crippen LogP contribution in [0.4, 0.5) is 5.69 Å². The highest BCUT2D eigenvalue weighted by Crippen LogP contribution is 2.18.